The summed E-state index contributed by atoms with van der Waals surface area (Å²) in [6.45, 7) is 0.127. The summed E-state index contributed by atoms with van der Waals surface area (Å²) in [4.78, 5) is 24.1. The fourth-order valence-electron chi connectivity index (χ4n) is 2.79. The van der Waals surface area contributed by atoms with E-state index in [1.165, 1.54) is 0 Å². The van der Waals surface area contributed by atoms with Gasteiger partial charge in [-0.05, 0) is 67.5 Å². The van der Waals surface area contributed by atoms with Crippen molar-refractivity contribution in [2.45, 2.75) is 30.3 Å². The SMILES string of the molecule is CSc1ccc(NC(=O)O[C@H](CCC/C=C/C(=O)O)c2ccc(OCCO)cc2)cc1. The molecule has 1 amide bonds. The Balaban J connectivity index is 2.02. The zero-order chi connectivity index (χ0) is 22.5. The molecule has 7 nitrogen and oxygen atoms in total. The first kappa shape index (κ1) is 24.3. The molecule has 0 saturated carbocycles. The van der Waals surface area contributed by atoms with Crippen LogP contribution in [0.3, 0.4) is 0 Å². The van der Waals surface area contributed by atoms with Gasteiger partial charge in [0.2, 0.25) is 0 Å². The van der Waals surface area contributed by atoms with Crippen LogP contribution in [-0.4, -0.2) is 41.7 Å². The number of aliphatic hydroxyl groups is 1. The summed E-state index contributed by atoms with van der Waals surface area (Å²) in [5, 5.41) is 20.3. The van der Waals surface area contributed by atoms with Gasteiger partial charge in [-0.1, -0.05) is 18.2 Å². The van der Waals surface area contributed by atoms with E-state index in [9.17, 15) is 9.59 Å². The highest BCUT2D eigenvalue weighted by Gasteiger charge is 2.17. The number of carbonyl (C=O) groups excluding carboxylic acids is 1. The number of nitrogens with one attached hydrogen (secondary N) is 1. The van der Waals surface area contributed by atoms with E-state index in [0.717, 1.165) is 16.5 Å². The number of ether oxygens (including phenoxy) is 2. The average Bonchev–Trinajstić information content (AvgIpc) is 2.77. The Kier molecular flexibility index (Phi) is 10.5. The summed E-state index contributed by atoms with van der Waals surface area (Å²) < 4.78 is 11.0. The lowest BCUT2D eigenvalue weighted by Crippen LogP contribution is -2.17. The molecule has 31 heavy (non-hydrogen) atoms. The average molecular weight is 446 g/mol. The Bertz CT molecular complexity index is 851. The smallest absolute Gasteiger partial charge is 0.412 e. The first-order valence-corrected chi connectivity index (χ1v) is 11.1. The molecule has 0 saturated heterocycles. The Morgan fingerprint density at radius 1 is 1.13 bits per heavy atom. The van der Waals surface area contributed by atoms with E-state index in [4.69, 9.17) is 19.7 Å². The first-order valence-electron chi connectivity index (χ1n) is 9.86. The second-order valence-electron chi connectivity index (χ2n) is 6.56. The minimum absolute atomic E-state index is 0.0740. The van der Waals surface area contributed by atoms with Crippen LogP contribution in [0.2, 0.25) is 0 Å². The van der Waals surface area contributed by atoms with Gasteiger partial charge in [-0.2, -0.15) is 0 Å². The van der Waals surface area contributed by atoms with Crippen molar-refractivity contribution >= 4 is 29.5 Å². The zero-order valence-electron chi connectivity index (χ0n) is 17.3. The molecule has 0 heterocycles. The number of anilines is 1. The van der Waals surface area contributed by atoms with Crippen LogP contribution in [0.1, 0.15) is 30.9 Å². The van der Waals surface area contributed by atoms with Crippen LogP contribution in [0.15, 0.2) is 65.6 Å². The van der Waals surface area contributed by atoms with Crippen molar-refractivity contribution in [3.63, 3.8) is 0 Å². The fraction of sp³-hybridized carbons (Fsp3) is 0.304. The first-order chi connectivity index (χ1) is 15.0. The number of carboxylic acids is 1. The molecule has 0 radical (unpaired) electrons. The lowest BCUT2D eigenvalue weighted by Gasteiger charge is -2.19. The number of carbonyl (C=O) groups is 2. The molecule has 8 heteroatoms. The highest BCUT2D eigenvalue weighted by atomic mass is 32.2. The van der Waals surface area contributed by atoms with E-state index in [2.05, 4.69) is 5.32 Å². The normalized spacial score (nSPS) is 11.8. The van der Waals surface area contributed by atoms with E-state index < -0.39 is 18.2 Å². The predicted octanol–water partition coefficient (Wildman–Crippen LogP) is 4.88. The van der Waals surface area contributed by atoms with Crippen LogP contribution in [0, 0.1) is 0 Å². The number of hydrogen-bond acceptors (Lipinski definition) is 6. The molecule has 1 atom stereocenters. The number of aliphatic carboxylic acids is 1. The van der Waals surface area contributed by atoms with E-state index >= 15 is 0 Å². The Labute approximate surface area is 186 Å². The van der Waals surface area contributed by atoms with Crippen molar-refractivity contribution in [2.24, 2.45) is 0 Å². The van der Waals surface area contributed by atoms with Gasteiger partial charge in [-0.25, -0.2) is 9.59 Å². The van der Waals surface area contributed by atoms with Gasteiger partial charge < -0.3 is 19.7 Å². The molecule has 2 rings (SSSR count). The third kappa shape index (κ3) is 9.15. The van der Waals surface area contributed by atoms with Crippen LogP contribution in [0.4, 0.5) is 10.5 Å². The molecule has 0 aliphatic carbocycles. The van der Waals surface area contributed by atoms with Crippen LogP contribution in [0.5, 0.6) is 5.75 Å². The third-order valence-electron chi connectivity index (χ3n) is 4.30. The van der Waals surface area contributed by atoms with E-state index in [1.54, 1.807) is 30.0 Å². The fourth-order valence-corrected chi connectivity index (χ4v) is 3.20. The van der Waals surface area contributed by atoms with Gasteiger partial charge in [0.25, 0.3) is 0 Å². The van der Waals surface area contributed by atoms with Crippen molar-refractivity contribution in [1.29, 1.82) is 0 Å². The number of benzene rings is 2. The molecule has 0 aliphatic heterocycles. The Morgan fingerprint density at radius 3 is 2.45 bits per heavy atom. The number of unbranched alkanes of at least 4 members (excludes halogenated alkanes) is 1. The summed E-state index contributed by atoms with van der Waals surface area (Å²) in [5.41, 5.74) is 1.44. The van der Waals surface area contributed by atoms with Crippen molar-refractivity contribution in [3.8, 4) is 5.75 Å². The highest BCUT2D eigenvalue weighted by molar-refractivity contribution is 7.98. The van der Waals surface area contributed by atoms with E-state index in [-0.39, 0.29) is 13.2 Å². The summed E-state index contributed by atoms with van der Waals surface area (Å²) in [5.74, 6) is -0.377. The van der Waals surface area contributed by atoms with Gasteiger partial charge in [-0.15, -0.1) is 11.8 Å². The molecule has 0 aliphatic rings. The Morgan fingerprint density at radius 2 is 1.84 bits per heavy atom. The molecular weight excluding hydrogens is 418 g/mol. The molecule has 2 aromatic rings. The molecule has 166 valence electrons. The van der Waals surface area contributed by atoms with Gasteiger partial charge in [0.15, 0.2) is 0 Å². The molecule has 0 unspecified atom stereocenters. The molecule has 3 N–H and O–H groups in total. The van der Waals surface area contributed by atoms with Crippen molar-refractivity contribution in [3.05, 3.63) is 66.2 Å². The lowest BCUT2D eigenvalue weighted by atomic mass is 10.0. The van der Waals surface area contributed by atoms with Crippen molar-refractivity contribution in [2.75, 3.05) is 24.8 Å². The van der Waals surface area contributed by atoms with Crippen molar-refractivity contribution < 1.29 is 29.3 Å². The highest BCUT2D eigenvalue weighted by Crippen LogP contribution is 2.27. The van der Waals surface area contributed by atoms with Crippen LogP contribution < -0.4 is 10.1 Å². The van der Waals surface area contributed by atoms with Gasteiger partial charge in [0.1, 0.15) is 18.5 Å². The minimum Gasteiger partial charge on any atom is -0.491 e. The number of rotatable bonds is 12. The molecule has 0 aromatic heterocycles. The van der Waals surface area contributed by atoms with Crippen LogP contribution in [0.25, 0.3) is 0 Å². The zero-order valence-corrected chi connectivity index (χ0v) is 18.1. The number of amides is 1. The number of thioether (sulfide) groups is 1. The summed E-state index contributed by atoms with van der Waals surface area (Å²) in [6, 6.07) is 14.6. The number of allylic oxidation sites excluding steroid dienone is 1. The lowest BCUT2D eigenvalue weighted by molar-refractivity contribution is -0.131. The van der Waals surface area contributed by atoms with Gasteiger partial charge in [0.05, 0.1) is 6.61 Å². The van der Waals surface area contributed by atoms with Crippen molar-refractivity contribution in [1.82, 2.24) is 0 Å². The maximum Gasteiger partial charge on any atom is 0.412 e. The standard InChI is InChI=1S/C23H27NO6S/c1-31-20-13-9-18(10-14-20)24-23(28)30-21(5-3-2-4-6-22(26)27)17-7-11-19(12-8-17)29-16-15-25/h4,6-14,21,25H,2-3,5,15-16H2,1H3,(H,24,28)(H,26,27)/b6-4+/t21-/m1/s1. The third-order valence-corrected chi connectivity index (χ3v) is 5.04. The van der Waals surface area contributed by atoms with E-state index in [1.807, 2.05) is 42.7 Å². The van der Waals surface area contributed by atoms with Crippen LogP contribution in [-0.2, 0) is 9.53 Å². The van der Waals surface area contributed by atoms with Gasteiger partial charge in [0, 0.05) is 16.7 Å². The number of carboxylic acid groups (broad SMARTS) is 1. The second kappa shape index (κ2) is 13.4. The molecule has 0 fully saturated rings. The predicted molar refractivity (Wildman–Crippen MR) is 121 cm³/mol. The summed E-state index contributed by atoms with van der Waals surface area (Å²) in [7, 11) is 0. The maximum atomic E-state index is 12.5. The van der Waals surface area contributed by atoms with Crippen LogP contribution >= 0.6 is 11.8 Å². The quantitative estimate of drug-likeness (QED) is 0.243. The second-order valence-corrected chi connectivity index (χ2v) is 7.44. The van der Waals surface area contributed by atoms with E-state index in [0.29, 0.717) is 30.7 Å². The summed E-state index contributed by atoms with van der Waals surface area (Å²) >= 11 is 1.61. The largest absolute Gasteiger partial charge is 0.491 e. The van der Waals surface area contributed by atoms with Gasteiger partial charge >= 0.3 is 12.1 Å². The summed E-state index contributed by atoms with van der Waals surface area (Å²) in [6.07, 6.45) is 5.33. The topological polar surface area (TPSA) is 105 Å². The van der Waals surface area contributed by atoms with Gasteiger partial charge in [-0.3, -0.25) is 5.32 Å². The minimum atomic E-state index is -0.988. The maximum absolute atomic E-state index is 12.5. The monoisotopic (exact) mass is 445 g/mol. The Hall–Kier alpha value is -2.97. The molecule has 2 aromatic carbocycles. The molecule has 0 bridgehead atoms. The molecular formula is C23H27NO6S. The number of hydrogen-bond donors (Lipinski definition) is 3. The number of aliphatic hydroxyl groups excluding tert-OH is 1. The molecule has 0 spiro atoms.